The van der Waals surface area contributed by atoms with E-state index in [9.17, 15) is 0 Å². The lowest BCUT2D eigenvalue weighted by molar-refractivity contribution is 1.25. The molecule has 3 nitrogen and oxygen atoms in total. The van der Waals surface area contributed by atoms with Gasteiger partial charge in [-0.2, -0.15) is 5.26 Å². The summed E-state index contributed by atoms with van der Waals surface area (Å²) < 4.78 is 0. The minimum atomic E-state index is 0.381. The van der Waals surface area contributed by atoms with Crippen molar-refractivity contribution < 1.29 is 0 Å². The van der Waals surface area contributed by atoms with Crippen molar-refractivity contribution in [2.24, 2.45) is 0 Å². The lowest BCUT2D eigenvalue weighted by Crippen LogP contribution is -1.94. The van der Waals surface area contributed by atoms with Gasteiger partial charge >= 0.3 is 0 Å². The van der Waals surface area contributed by atoms with Crippen LogP contribution in [-0.2, 0) is 0 Å². The van der Waals surface area contributed by atoms with Crippen LogP contribution in [-0.4, -0.2) is 11.2 Å². The highest BCUT2D eigenvalue weighted by Crippen LogP contribution is 2.28. The van der Waals surface area contributed by atoms with E-state index in [1.165, 1.54) is 0 Å². The van der Waals surface area contributed by atoms with Gasteiger partial charge in [0.1, 0.15) is 17.6 Å². The van der Waals surface area contributed by atoms with Gasteiger partial charge in [0.05, 0.1) is 5.02 Å². The number of nitrogens with one attached hydrogen (secondary N) is 1. The van der Waals surface area contributed by atoms with Gasteiger partial charge in [0.25, 0.3) is 0 Å². The maximum absolute atomic E-state index is 8.78. The van der Waals surface area contributed by atoms with Gasteiger partial charge in [-0.3, -0.25) is 0 Å². The minimum Gasteiger partial charge on any atom is -0.340 e. The third-order valence-electron chi connectivity index (χ3n) is 2.29. The van der Waals surface area contributed by atoms with Crippen LogP contribution in [0.1, 0.15) is 5.69 Å². The standard InChI is InChI=1S/C13H10ClN3S/c1-18-12-6-5-9(7-11(12)14)16-13-4-2-3-10(8-15)17-13/h2-7H,1H3,(H,16,17). The Hall–Kier alpha value is -1.70. The Bertz CT molecular complexity index is 607. The predicted molar refractivity (Wildman–Crippen MR) is 75.5 cm³/mol. The van der Waals surface area contributed by atoms with Gasteiger partial charge in [-0.05, 0) is 36.6 Å². The van der Waals surface area contributed by atoms with Crippen LogP contribution in [0.25, 0.3) is 0 Å². The number of nitrogens with zero attached hydrogens (tertiary/aromatic N) is 2. The number of pyridine rings is 1. The van der Waals surface area contributed by atoms with Crippen molar-refractivity contribution in [3.8, 4) is 6.07 Å². The SMILES string of the molecule is CSc1ccc(Nc2cccc(C#N)n2)cc1Cl. The normalized spacial score (nSPS) is 9.83. The maximum Gasteiger partial charge on any atom is 0.142 e. The Balaban J connectivity index is 2.23. The zero-order chi connectivity index (χ0) is 13.0. The average Bonchev–Trinajstić information content (AvgIpc) is 2.39. The van der Waals surface area contributed by atoms with Gasteiger partial charge < -0.3 is 5.32 Å². The molecule has 0 amide bonds. The van der Waals surface area contributed by atoms with Crippen molar-refractivity contribution >= 4 is 34.9 Å². The summed E-state index contributed by atoms with van der Waals surface area (Å²) in [7, 11) is 0. The van der Waals surface area contributed by atoms with Crippen LogP contribution in [0.15, 0.2) is 41.3 Å². The molecule has 0 bridgehead atoms. The fourth-order valence-corrected chi connectivity index (χ4v) is 2.33. The summed E-state index contributed by atoms with van der Waals surface area (Å²) in [4.78, 5) is 5.17. The van der Waals surface area contributed by atoms with Gasteiger partial charge in [-0.15, -0.1) is 11.8 Å². The van der Waals surface area contributed by atoms with Crippen molar-refractivity contribution in [2.45, 2.75) is 4.90 Å². The van der Waals surface area contributed by atoms with Gasteiger partial charge in [-0.25, -0.2) is 4.98 Å². The third-order valence-corrected chi connectivity index (χ3v) is 3.51. The molecule has 0 atom stereocenters. The fraction of sp³-hybridized carbons (Fsp3) is 0.0769. The highest BCUT2D eigenvalue weighted by Gasteiger charge is 2.02. The maximum atomic E-state index is 8.78. The first-order valence-corrected chi connectivity index (χ1v) is 6.81. The van der Waals surface area contributed by atoms with Gasteiger partial charge in [0.15, 0.2) is 0 Å². The van der Waals surface area contributed by atoms with E-state index in [0.29, 0.717) is 16.5 Å². The Kier molecular flexibility index (Phi) is 4.08. The summed E-state index contributed by atoms with van der Waals surface area (Å²) in [6, 6.07) is 13.0. The molecule has 0 aliphatic rings. The molecular formula is C13H10ClN3S. The Labute approximate surface area is 115 Å². The summed E-state index contributed by atoms with van der Waals surface area (Å²) in [5.41, 5.74) is 1.23. The van der Waals surface area contributed by atoms with Crippen molar-refractivity contribution in [3.63, 3.8) is 0 Å². The number of anilines is 2. The van der Waals surface area contributed by atoms with E-state index >= 15 is 0 Å². The summed E-state index contributed by atoms with van der Waals surface area (Å²) in [5.74, 6) is 0.627. The molecule has 0 aliphatic carbocycles. The Morgan fingerprint density at radius 1 is 1.33 bits per heavy atom. The van der Waals surface area contributed by atoms with E-state index < -0.39 is 0 Å². The van der Waals surface area contributed by atoms with E-state index in [2.05, 4.69) is 10.3 Å². The van der Waals surface area contributed by atoms with E-state index in [-0.39, 0.29) is 0 Å². The Morgan fingerprint density at radius 2 is 2.17 bits per heavy atom. The van der Waals surface area contributed by atoms with Crippen molar-refractivity contribution in [1.29, 1.82) is 5.26 Å². The molecule has 1 aromatic carbocycles. The molecule has 0 saturated carbocycles. The highest BCUT2D eigenvalue weighted by molar-refractivity contribution is 7.98. The highest BCUT2D eigenvalue weighted by atomic mass is 35.5. The summed E-state index contributed by atoms with van der Waals surface area (Å²) in [5, 5.41) is 12.6. The average molecular weight is 276 g/mol. The van der Waals surface area contributed by atoms with Crippen LogP contribution < -0.4 is 5.32 Å². The van der Waals surface area contributed by atoms with Crippen LogP contribution in [0.4, 0.5) is 11.5 Å². The van der Waals surface area contributed by atoms with Crippen LogP contribution in [0.3, 0.4) is 0 Å². The smallest absolute Gasteiger partial charge is 0.142 e. The third kappa shape index (κ3) is 2.95. The molecule has 1 N–H and O–H groups in total. The number of thioether (sulfide) groups is 1. The zero-order valence-electron chi connectivity index (χ0n) is 9.64. The second-order valence-electron chi connectivity index (χ2n) is 3.49. The van der Waals surface area contributed by atoms with Crippen LogP contribution in [0.5, 0.6) is 0 Å². The number of nitriles is 1. The van der Waals surface area contributed by atoms with Crippen LogP contribution in [0.2, 0.25) is 5.02 Å². The fourth-order valence-electron chi connectivity index (χ4n) is 1.46. The molecule has 0 unspecified atom stereocenters. The number of halogens is 1. The van der Waals surface area contributed by atoms with E-state index in [0.717, 1.165) is 10.6 Å². The number of benzene rings is 1. The summed E-state index contributed by atoms with van der Waals surface area (Å²) in [6.07, 6.45) is 1.98. The molecule has 2 rings (SSSR count). The van der Waals surface area contributed by atoms with Gasteiger partial charge in [0.2, 0.25) is 0 Å². The van der Waals surface area contributed by atoms with Gasteiger partial charge in [-0.1, -0.05) is 17.7 Å². The zero-order valence-corrected chi connectivity index (χ0v) is 11.2. The van der Waals surface area contributed by atoms with E-state index in [4.69, 9.17) is 16.9 Å². The first-order valence-electron chi connectivity index (χ1n) is 5.20. The lowest BCUT2D eigenvalue weighted by Gasteiger charge is -2.07. The number of hydrogen-bond donors (Lipinski definition) is 1. The molecule has 0 fully saturated rings. The van der Waals surface area contributed by atoms with Crippen molar-refractivity contribution in [2.75, 3.05) is 11.6 Å². The second-order valence-corrected chi connectivity index (χ2v) is 4.75. The van der Waals surface area contributed by atoms with Gasteiger partial charge in [0, 0.05) is 10.6 Å². The number of hydrogen-bond acceptors (Lipinski definition) is 4. The monoisotopic (exact) mass is 275 g/mol. The molecular weight excluding hydrogens is 266 g/mol. The van der Waals surface area contributed by atoms with Crippen LogP contribution in [0, 0.1) is 11.3 Å². The molecule has 90 valence electrons. The number of rotatable bonds is 3. The predicted octanol–water partition coefficient (Wildman–Crippen LogP) is 4.07. The van der Waals surface area contributed by atoms with E-state index in [1.54, 1.807) is 30.0 Å². The molecule has 0 spiro atoms. The molecule has 1 aromatic heterocycles. The molecule has 18 heavy (non-hydrogen) atoms. The molecule has 0 saturated heterocycles. The first-order chi connectivity index (χ1) is 8.72. The molecule has 5 heteroatoms. The number of aromatic nitrogens is 1. The second kappa shape index (κ2) is 5.76. The topological polar surface area (TPSA) is 48.7 Å². The summed E-state index contributed by atoms with van der Waals surface area (Å²) in [6.45, 7) is 0. The van der Waals surface area contributed by atoms with Crippen molar-refractivity contribution in [1.82, 2.24) is 4.98 Å². The van der Waals surface area contributed by atoms with Crippen LogP contribution >= 0.6 is 23.4 Å². The first kappa shape index (κ1) is 12.7. The lowest BCUT2D eigenvalue weighted by atomic mass is 10.3. The van der Waals surface area contributed by atoms with E-state index in [1.807, 2.05) is 30.5 Å². The molecule has 0 radical (unpaired) electrons. The quantitative estimate of drug-likeness (QED) is 0.858. The molecule has 2 aromatic rings. The summed E-state index contributed by atoms with van der Waals surface area (Å²) >= 11 is 7.72. The van der Waals surface area contributed by atoms with Crippen molar-refractivity contribution in [3.05, 3.63) is 47.1 Å². The largest absolute Gasteiger partial charge is 0.340 e. The minimum absolute atomic E-state index is 0.381. The molecule has 0 aliphatic heterocycles. The Morgan fingerprint density at radius 3 is 2.83 bits per heavy atom. The molecule has 1 heterocycles.